The molecule has 2 aromatic heterocycles. The highest BCUT2D eigenvalue weighted by molar-refractivity contribution is 8.24. The van der Waals surface area contributed by atoms with E-state index in [9.17, 15) is 9.77 Å². The van der Waals surface area contributed by atoms with Crippen LogP contribution in [0, 0.1) is 26.0 Å². The summed E-state index contributed by atoms with van der Waals surface area (Å²) in [6, 6.07) is 28.3. The van der Waals surface area contributed by atoms with Crippen molar-refractivity contribution in [2.24, 2.45) is 0 Å². The number of halogens is 4. The second-order valence-corrected chi connectivity index (χ2v) is 15.9. The van der Waals surface area contributed by atoms with Gasteiger partial charge >= 0.3 is 11.1 Å². The van der Waals surface area contributed by atoms with Gasteiger partial charge in [0.15, 0.2) is 5.76 Å². The molecule has 212 valence electrons. The van der Waals surface area contributed by atoms with Crippen molar-refractivity contribution < 1.29 is 18.1 Å². The third-order valence-corrected chi connectivity index (χ3v) is 6.51. The maximum absolute atomic E-state index is 11.9. The first kappa shape index (κ1) is 31.0. The van der Waals surface area contributed by atoms with Crippen LogP contribution in [0.15, 0.2) is 93.8 Å². The van der Waals surface area contributed by atoms with Gasteiger partial charge in [-0.15, -0.1) is 16.3 Å². The van der Waals surface area contributed by atoms with Crippen LogP contribution in [0.1, 0.15) is 22.9 Å². The molecule has 0 aliphatic heterocycles. The van der Waals surface area contributed by atoms with Crippen LogP contribution >= 0.6 is 50.5 Å². The number of hydrogen-bond donors (Lipinski definition) is 0. The lowest BCUT2D eigenvalue weighted by molar-refractivity contribution is -0.602. The van der Waals surface area contributed by atoms with Gasteiger partial charge in [0.2, 0.25) is 11.6 Å². The van der Waals surface area contributed by atoms with E-state index in [4.69, 9.17) is 20.4 Å². The maximum Gasteiger partial charge on any atom is 0.392 e. The first-order chi connectivity index (χ1) is 19.4. The molecule has 0 radical (unpaired) electrons. The van der Waals surface area contributed by atoms with Gasteiger partial charge < -0.3 is 14.0 Å². The number of fused-ring (bicyclic) bond motifs is 2. The van der Waals surface area contributed by atoms with Crippen LogP contribution in [0.5, 0.6) is 0 Å². The fraction of sp³-hybridized carbons (Fsp3) is 0.133. The Kier molecular flexibility index (Phi) is 10.1. The van der Waals surface area contributed by atoms with Crippen molar-refractivity contribution in [1.29, 1.82) is 0 Å². The average Bonchev–Trinajstić information content (AvgIpc) is 3.46. The number of rotatable bonds is 3. The largest absolute Gasteiger partial charge is 0.616 e. The molecule has 0 unspecified atom stereocenters. The molecule has 6 nitrogen and oxygen atoms in total. The van der Waals surface area contributed by atoms with Gasteiger partial charge in [-0.2, -0.15) is 0 Å². The second-order valence-electron chi connectivity index (χ2n) is 9.02. The minimum absolute atomic E-state index is 0.357. The van der Waals surface area contributed by atoms with Crippen molar-refractivity contribution in [2.45, 2.75) is 26.7 Å². The summed E-state index contributed by atoms with van der Waals surface area (Å²) in [4.78, 5) is 4.41. The number of hydrogen-bond acceptors (Lipinski definition) is 5. The fourth-order valence-corrected chi connectivity index (χ4v) is 4.30. The molecule has 0 fully saturated rings. The Hall–Kier alpha value is -2.99. The Balaban J connectivity index is 0.000000163. The van der Waals surface area contributed by atoms with Crippen molar-refractivity contribution in [3.63, 3.8) is 0 Å². The summed E-state index contributed by atoms with van der Waals surface area (Å²) >= 11 is 19.7. The van der Waals surface area contributed by atoms with E-state index in [1.165, 1.54) is 10.8 Å². The summed E-state index contributed by atoms with van der Waals surface area (Å²) in [5.74, 6) is 2.81. The Labute approximate surface area is 256 Å². The summed E-state index contributed by atoms with van der Waals surface area (Å²) in [5.41, 5.74) is 3.20. The van der Waals surface area contributed by atoms with Crippen LogP contribution in [-0.2, 0) is 10.4 Å². The van der Waals surface area contributed by atoms with Gasteiger partial charge in [-0.05, 0) is 86.5 Å². The van der Waals surface area contributed by atoms with Gasteiger partial charge in [0.1, 0.15) is 5.76 Å². The number of aryl methyl sites for hydroxylation is 2. The predicted molar refractivity (Wildman–Crippen MR) is 169 cm³/mol. The third-order valence-electron chi connectivity index (χ3n) is 6.26. The molecular weight excluding hydrogens is 625 g/mol. The van der Waals surface area contributed by atoms with Crippen molar-refractivity contribution in [3.8, 4) is 22.9 Å². The number of nitrogens with zero attached hydrogens (tertiary/aromatic N) is 2. The quantitative estimate of drug-likeness (QED) is 0.0824. The number of aromatic nitrogens is 2. The van der Waals surface area contributed by atoms with Gasteiger partial charge in [0.05, 0.1) is 17.1 Å². The van der Waals surface area contributed by atoms with Crippen molar-refractivity contribution in [2.75, 3.05) is 0 Å². The van der Waals surface area contributed by atoms with E-state index in [0.717, 1.165) is 38.1 Å². The first-order valence-corrected chi connectivity index (χ1v) is 17.3. The topological polar surface area (TPSA) is 83.2 Å². The Morgan fingerprint density at radius 3 is 1.71 bits per heavy atom. The molecule has 11 heteroatoms. The third kappa shape index (κ3) is 8.06. The molecular formula is C30H25Cl4N2O4P. The monoisotopic (exact) mass is 648 g/mol. The van der Waals surface area contributed by atoms with Gasteiger partial charge in [-0.1, -0.05) is 60.7 Å². The summed E-state index contributed by atoms with van der Waals surface area (Å²) in [6.45, 7) is 5.44. The SMILES string of the molecule is Cc1oc(-c2ccc3ccccc3c2)[n+]([O-])c1C.Cc1oc(-c2ccc3ccccc3c2)nc1CCl.O=P(Cl)(Cl)Cl. The van der Waals surface area contributed by atoms with E-state index in [1.54, 1.807) is 13.8 Å². The molecule has 0 amide bonds. The molecule has 0 aliphatic rings. The Morgan fingerprint density at radius 1 is 0.756 bits per heavy atom. The first-order valence-electron chi connectivity index (χ1n) is 12.3. The van der Waals surface area contributed by atoms with Crippen LogP contribution in [0.3, 0.4) is 0 Å². The van der Waals surface area contributed by atoms with Gasteiger partial charge in [-0.3, -0.25) is 4.57 Å². The number of oxazole rings is 2. The zero-order chi connectivity index (χ0) is 29.7. The number of benzene rings is 4. The molecule has 4 aromatic carbocycles. The lowest BCUT2D eigenvalue weighted by Gasteiger charge is -2.00. The van der Waals surface area contributed by atoms with Gasteiger partial charge in [-0.25, -0.2) is 4.98 Å². The normalized spacial score (nSPS) is 11.1. The number of alkyl halides is 1. The van der Waals surface area contributed by atoms with E-state index in [0.29, 0.717) is 29.1 Å². The molecule has 6 aromatic rings. The van der Waals surface area contributed by atoms with E-state index >= 15 is 0 Å². The van der Waals surface area contributed by atoms with Gasteiger partial charge in [0.25, 0.3) is 0 Å². The molecule has 0 saturated carbocycles. The molecule has 6 rings (SSSR count). The molecule has 0 spiro atoms. The minimum Gasteiger partial charge on any atom is -0.616 e. The molecule has 2 heterocycles. The minimum atomic E-state index is -3.22. The smallest absolute Gasteiger partial charge is 0.392 e. The highest BCUT2D eigenvalue weighted by Crippen LogP contribution is 2.61. The fourth-order valence-electron chi connectivity index (χ4n) is 4.05. The van der Waals surface area contributed by atoms with Crippen LogP contribution < -0.4 is 4.73 Å². The van der Waals surface area contributed by atoms with Crippen molar-refractivity contribution >= 4 is 72.1 Å². The molecule has 0 saturated heterocycles. The van der Waals surface area contributed by atoms with E-state index < -0.39 is 5.20 Å². The summed E-state index contributed by atoms with van der Waals surface area (Å²) < 4.78 is 21.5. The summed E-state index contributed by atoms with van der Waals surface area (Å²) in [6.07, 6.45) is 0. The highest BCUT2D eigenvalue weighted by Gasteiger charge is 2.20. The van der Waals surface area contributed by atoms with E-state index in [1.807, 2.05) is 67.6 Å². The van der Waals surface area contributed by atoms with Crippen LogP contribution in [-0.4, -0.2) is 4.98 Å². The Morgan fingerprint density at radius 2 is 1.24 bits per heavy atom. The zero-order valence-corrected chi connectivity index (χ0v) is 26.2. The lowest BCUT2D eigenvalue weighted by atomic mass is 10.1. The van der Waals surface area contributed by atoms with E-state index in [-0.39, 0.29) is 0 Å². The van der Waals surface area contributed by atoms with Crippen molar-refractivity contribution in [3.05, 3.63) is 113 Å². The van der Waals surface area contributed by atoms with Crippen LogP contribution in [0.2, 0.25) is 0 Å². The Bertz CT molecular complexity index is 1850. The zero-order valence-electron chi connectivity index (χ0n) is 22.3. The van der Waals surface area contributed by atoms with Crippen LogP contribution in [0.4, 0.5) is 0 Å². The van der Waals surface area contributed by atoms with Gasteiger partial charge in [0, 0.05) is 19.4 Å². The molecule has 0 atom stereocenters. The predicted octanol–water partition coefficient (Wildman–Crippen LogP) is 10.7. The van der Waals surface area contributed by atoms with E-state index in [2.05, 4.69) is 63.0 Å². The molecule has 0 aliphatic carbocycles. The van der Waals surface area contributed by atoms with Crippen molar-refractivity contribution in [1.82, 2.24) is 4.98 Å². The summed E-state index contributed by atoms with van der Waals surface area (Å²) in [7, 11) is 0. The maximum atomic E-state index is 11.9. The molecule has 0 bridgehead atoms. The highest BCUT2D eigenvalue weighted by atomic mass is 36.0. The molecule has 41 heavy (non-hydrogen) atoms. The second kappa shape index (κ2) is 13.3. The lowest BCUT2D eigenvalue weighted by Crippen LogP contribution is -2.29. The summed E-state index contributed by atoms with van der Waals surface area (Å²) in [5, 5.41) is 13.4. The standard InChI is InChI=1S/C15H12ClNO.C15H13NO2.Cl3OP/c1-10-14(9-16)17-15(18-10)13-7-6-11-4-2-3-5-12(11)8-13;1-10-11(2)18-15(16(10)17)14-8-7-12-5-3-4-6-13(12)9-14;1-5(2,3)4/h2-8H,9H2,1H3;3-9H,1-2H3;. The van der Waals surface area contributed by atoms with Crippen LogP contribution in [0.25, 0.3) is 44.5 Å². The molecule has 0 N–H and O–H groups in total. The average molecular weight is 650 g/mol.